The van der Waals surface area contributed by atoms with Crippen molar-refractivity contribution < 1.29 is 14.3 Å². The molecular formula is C18H14N2O3S2. The highest BCUT2D eigenvalue weighted by Gasteiger charge is 2.09. The lowest BCUT2D eigenvalue weighted by Crippen LogP contribution is -2.20. The van der Waals surface area contributed by atoms with E-state index in [0.29, 0.717) is 5.13 Å². The Morgan fingerprint density at radius 2 is 1.96 bits per heavy atom. The van der Waals surface area contributed by atoms with Crippen molar-refractivity contribution in [3.63, 3.8) is 0 Å². The van der Waals surface area contributed by atoms with E-state index in [0.717, 1.165) is 16.1 Å². The monoisotopic (exact) mass is 370 g/mol. The fourth-order valence-corrected chi connectivity index (χ4v) is 3.30. The molecule has 0 spiro atoms. The van der Waals surface area contributed by atoms with E-state index < -0.39 is 11.9 Å². The number of amides is 1. The molecule has 1 N–H and O–H groups in total. The van der Waals surface area contributed by atoms with Gasteiger partial charge in [0.1, 0.15) is 0 Å². The SMILES string of the molecule is O=C(COC(=O)/C=C/c1cccs1)Nc1nc(-c2ccccc2)cs1. The van der Waals surface area contributed by atoms with Gasteiger partial charge in [-0.3, -0.25) is 10.1 Å². The highest BCUT2D eigenvalue weighted by atomic mass is 32.1. The smallest absolute Gasteiger partial charge is 0.331 e. The van der Waals surface area contributed by atoms with Crippen molar-refractivity contribution in [1.29, 1.82) is 0 Å². The molecule has 3 aromatic rings. The number of ether oxygens (including phenoxy) is 1. The lowest BCUT2D eigenvalue weighted by atomic mass is 10.2. The minimum absolute atomic E-state index is 0.353. The molecule has 0 bridgehead atoms. The van der Waals surface area contributed by atoms with Crippen LogP contribution in [0.15, 0.2) is 59.3 Å². The van der Waals surface area contributed by atoms with Gasteiger partial charge in [-0.2, -0.15) is 0 Å². The first-order valence-electron chi connectivity index (χ1n) is 7.40. The molecule has 2 heterocycles. The van der Waals surface area contributed by atoms with Crippen molar-refractivity contribution in [2.24, 2.45) is 0 Å². The molecule has 7 heteroatoms. The van der Waals surface area contributed by atoms with Crippen molar-refractivity contribution >= 4 is 45.8 Å². The van der Waals surface area contributed by atoms with Crippen molar-refractivity contribution in [2.45, 2.75) is 0 Å². The molecule has 0 fully saturated rings. The zero-order valence-corrected chi connectivity index (χ0v) is 14.7. The van der Waals surface area contributed by atoms with Crippen LogP contribution in [0.25, 0.3) is 17.3 Å². The van der Waals surface area contributed by atoms with Gasteiger partial charge in [0, 0.05) is 21.9 Å². The summed E-state index contributed by atoms with van der Waals surface area (Å²) in [6.45, 7) is -0.353. The van der Waals surface area contributed by atoms with E-state index >= 15 is 0 Å². The summed E-state index contributed by atoms with van der Waals surface area (Å²) in [5.74, 6) is -0.987. The molecule has 5 nitrogen and oxygen atoms in total. The first-order valence-corrected chi connectivity index (χ1v) is 9.16. The third-order valence-corrected chi connectivity index (χ3v) is 4.69. The van der Waals surface area contributed by atoms with E-state index in [1.165, 1.54) is 28.7 Å². The number of carbonyl (C=O) groups excluding carboxylic acids is 2. The van der Waals surface area contributed by atoms with Gasteiger partial charge >= 0.3 is 5.97 Å². The average Bonchev–Trinajstić information content (AvgIpc) is 3.31. The minimum atomic E-state index is -0.562. The maximum Gasteiger partial charge on any atom is 0.331 e. The van der Waals surface area contributed by atoms with Gasteiger partial charge in [0.05, 0.1) is 5.69 Å². The number of rotatable bonds is 6. The van der Waals surface area contributed by atoms with Gasteiger partial charge in [0.2, 0.25) is 0 Å². The molecule has 1 aromatic carbocycles. The molecule has 0 aliphatic carbocycles. The van der Waals surface area contributed by atoms with Crippen molar-refractivity contribution in [2.75, 3.05) is 11.9 Å². The Labute approximate surface area is 152 Å². The second-order valence-corrected chi connectivity index (χ2v) is 6.75. The normalized spacial score (nSPS) is 10.7. The molecule has 3 rings (SSSR count). The molecule has 0 aliphatic rings. The summed E-state index contributed by atoms with van der Waals surface area (Å²) in [6, 6.07) is 13.4. The summed E-state index contributed by atoms with van der Waals surface area (Å²) in [6.07, 6.45) is 2.95. The number of nitrogens with one attached hydrogen (secondary N) is 1. The van der Waals surface area contributed by atoms with Crippen LogP contribution >= 0.6 is 22.7 Å². The lowest BCUT2D eigenvalue weighted by Gasteiger charge is -2.02. The molecule has 25 heavy (non-hydrogen) atoms. The second kappa shape index (κ2) is 8.36. The number of anilines is 1. The predicted molar refractivity (Wildman–Crippen MR) is 100 cm³/mol. The number of thiazole rings is 1. The van der Waals surface area contributed by atoms with Gasteiger partial charge in [0.15, 0.2) is 11.7 Å². The van der Waals surface area contributed by atoms with Crippen LogP contribution in [-0.2, 0) is 14.3 Å². The molecule has 0 radical (unpaired) electrons. The maximum atomic E-state index is 11.9. The summed E-state index contributed by atoms with van der Waals surface area (Å²) in [5.41, 5.74) is 1.76. The number of nitrogens with zero attached hydrogens (tertiary/aromatic N) is 1. The van der Waals surface area contributed by atoms with Crippen LogP contribution in [0, 0.1) is 0 Å². The number of esters is 1. The third kappa shape index (κ3) is 5.10. The Morgan fingerprint density at radius 1 is 1.12 bits per heavy atom. The number of aromatic nitrogens is 1. The summed E-state index contributed by atoms with van der Waals surface area (Å²) < 4.78 is 4.91. The highest BCUT2D eigenvalue weighted by molar-refractivity contribution is 7.14. The summed E-state index contributed by atoms with van der Waals surface area (Å²) in [7, 11) is 0. The number of hydrogen-bond donors (Lipinski definition) is 1. The van der Waals surface area contributed by atoms with Crippen LogP contribution < -0.4 is 5.32 Å². The highest BCUT2D eigenvalue weighted by Crippen LogP contribution is 2.24. The van der Waals surface area contributed by atoms with Crippen LogP contribution in [0.1, 0.15) is 4.88 Å². The van der Waals surface area contributed by atoms with E-state index in [2.05, 4.69) is 10.3 Å². The Bertz CT molecular complexity index is 871. The average molecular weight is 370 g/mol. The standard InChI is InChI=1S/C18H14N2O3S2/c21-16(11-23-17(22)9-8-14-7-4-10-24-14)20-18-19-15(12-25-18)13-5-2-1-3-6-13/h1-10,12H,11H2,(H,19,20,21)/b9-8+. The Balaban J connectivity index is 1.48. The molecule has 0 aliphatic heterocycles. The third-order valence-electron chi connectivity index (χ3n) is 3.09. The van der Waals surface area contributed by atoms with Crippen molar-refractivity contribution in [1.82, 2.24) is 4.98 Å². The topological polar surface area (TPSA) is 68.3 Å². The largest absolute Gasteiger partial charge is 0.452 e. The van der Waals surface area contributed by atoms with Crippen molar-refractivity contribution in [3.05, 3.63) is 64.2 Å². The number of hydrogen-bond acceptors (Lipinski definition) is 6. The predicted octanol–water partition coefficient (Wildman–Crippen LogP) is 4.07. The molecule has 0 unspecified atom stereocenters. The summed E-state index contributed by atoms with van der Waals surface area (Å²) in [5, 5.41) is 6.87. The Hall–Kier alpha value is -2.77. The summed E-state index contributed by atoms with van der Waals surface area (Å²) in [4.78, 5) is 28.7. The number of carbonyl (C=O) groups is 2. The fourth-order valence-electron chi connectivity index (χ4n) is 1.95. The zero-order chi connectivity index (χ0) is 17.5. The molecule has 0 atom stereocenters. The van der Waals surface area contributed by atoms with Crippen LogP contribution in [0.3, 0.4) is 0 Å². The summed E-state index contributed by atoms with van der Waals surface area (Å²) >= 11 is 2.83. The quantitative estimate of drug-likeness (QED) is 0.525. The molecule has 1 amide bonds. The number of benzene rings is 1. The first kappa shape index (κ1) is 17.1. The maximum absolute atomic E-state index is 11.9. The molecule has 2 aromatic heterocycles. The molecule has 0 saturated carbocycles. The fraction of sp³-hybridized carbons (Fsp3) is 0.0556. The first-order chi connectivity index (χ1) is 12.2. The van der Waals surface area contributed by atoms with Gasteiger partial charge in [-0.25, -0.2) is 9.78 Å². The number of thiophene rings is 1. The van der Waals surface area contributed by atoms with Gasteiger partial charge in [0.25, 0.3) is 5.91 Å². The van der Waals surface area contributed by atoms with Crippen LogP contribution in [-0.4, -0.2) is 23.5 Å². The van der Waals surface area contributed by atoms with Gasteiger partial charge in [-0.1, -0.05) is 36.4 Å². The Kier molecular flexibility index (Phi) is 5.71. The van der Waals surface area contributed by atoms with E-state index in [4.69, 9.17) is 4.74 Å². The van der Waals surface area contributed by atoms with E-state index in [-0.39, 0.29) is 6.61 Å². The van der Waals surface area contributed by atoms with E-state index in [9.17, 15) is 9.59 Å². The van der Waals surface area contributed by atoms with Gasteiger partial charge in [-0.15, -0.1) is 22.7 Å². The van der Waals surface area contributed by atoms with Crippen LogP contribution in [0.4, 0.5) is 5.13 Å². The zero-order valence-electron chi connectivity index (χ0n) is 13.0. The van der Waals surface area contributed by atoms with Crippen molar-refractivity contribution in [3.8, 4) is 11.3 Å². The van der Waals surface area contributed by atoms with Crippen LogP contribution in [0.5, 0.6) is 0 Å². The molecule has 0 saturated heterocycles. The minimum Gasteiger partial charge on any atom is -0.452 e. The van der Waals surface area contributed by atoms with Gasteiger partial charge < -0.3 is 4.74 Å². The lowest BCUT2D eigenvalue weighted by molar-refractivity contribution is -0.142. The molecular weight excluding hydrogens is 356 g/mol. The Morgan fingerprint density at radius 3 is 2.72 bits per heavy atom. The van der Waals surface area contributed by atoms with E-state index in [1.54, 1.807) is 6.08 Å². The van der Waals surface area contributed by atoms with Crippen LogP contribution in [0.2, 0.25) is 0 Å². The van der Waals surface area contributed by atoms with E-state index in [1.807, 2.05) is 53.2 Å². The second-order valence-electron chi connectivity index (χ2n) is 4.91. The molecule has 126 valence electrons. The van der Waals surface area contributed by atoms with Gasteiger partial charge in [-0.05, 0) is 17.5 Å².